The van der Waals surface area contributed by atoms with Crippen molar-refractivity contribution in [1.29, 1.82) is 0 Å². The van der Waals surface area contributed by atoms with Gasteiger partial charge in [0, 0.05) is 21.9 Å². The molecule has 252 valence electrons. The number of rotatable bonds is 6. The van der Waals surface area contributed by atoms with Crippen molar-refractivity contribution in [1.82, 2.24) is 15.0 Å². The van der Waals surface area contributed by atoms with Crippen LogP contribution in [0.3, 0.4) is 0 Å². The lowest BCUT2D eigenvalue weighted by molar-refractivity contribution is 0.673. The summed E-state index contributed by atoms with van der Waals surface area (Å²) in [6, 6.07) is 36.0. The van der Waals surface area contributed by atoms with Crippen LogP contribution in [0.2, 0.25) is 0 Å². The summed E-state index contributed by atoms with van der Waals surface area (Å²) in [5.74, 6) is 0.813. The van der Waals surface area contributed by atoms with Gasteiger partial charge in [0.15, 0.2) is 17.5 Å². The van der Waals surface area contributed by atoms with E-state index in [0.29, 0.717) is 22.8 Å². The largest absolute Gasteiger partial charge is 0.456 e. The smallest absolute Gasteiger partial charge is 0.167 e. The van der Waals surface area contributed by atoms with Crippen molar-refractivity contribution in [3.63, 3.8) is 0 Å². The van der Waals surface area contributed by atoms with Gasteiger partial charge in [-0.05, 0) is 33.4 Å². The fourth-order valence-corrected chi connectivity index (χ4v) is 7.60. The van der Waals surface area contributed by atoms with Gasteiger partial charge in [0.05, 0.1) is 5.56 Å². The molecule has 0 unspecified atom stereocenters. The van der Waals surface area contributed by atoms with Gasteiger partial charge >= 0.3 is 0 Å². The van der Waals surface area contributed by atoms with Crippen LogP contribution in [-0.4, -0.2) is 101 Å². The predicted molar refractivity (Wildman–Crippen MR) is 259 cm³/mol. The number of hydrogen-bond acceptors (Lipinski definition) is 4. The molecule has 15 heteroatoms. The van der Waals surface area contributed by atoms with Crippen molar-refractivity contribution < 1.29 is 4.42 Å². The molecule has 0 aliphatic rings. The molecule has 0 aliphatic carbocycles. The highest BCUT2D eigenvalue weighted by Gasteiger charge is 2.28. The Balaban J connectivity index is 1.29. The lowest BCUT2D eigenvalue weighted by Crippen LogP contribution is -2.55. The Morgan fingerprint density at radius 2 is 0.617 bits per heavy atom. The van der Waals surface area contributed by atoms with Gasteiger partial charge in [-0.15, -0.1) is 27.3 Å². The van der Waals surface area contributed by atoms with Gasteiger partial charge in [-0.3, -0.25) is 0 Å². The van der Waals surface area contributed by atoms with Crippen molar-refractivity contribution in [2.75, 3.05) is 0 Å². The maximum Gasteiger partial charge on any atom is 0.167 e. The summed E-state index contributed by atoms with van der Waals surface area (Å²) in [4.78, 5) is 14.9. The van der Waals surface area contributed by atoms with E-state index in [1.807, 2.05) is 72.8 Å². The number of furan rings is 1. The molecule has 0 bridgehead atoms. The van der Waals surface area contributed by atoms with E-state index in [1.165, 1.54) is 0 Å². The fraction of sp³-hybridized carbons (Fsp3) is 0. The van der Waals surface area contributed by atoms with Crippen molar-refractivity contribution in [3.05, 3.63) is 109 Å². The fourth-order valence-electron chi connectivity index (χ4n) is 7.60. The highest BCUT2D eigenvalue weighted by atomic mass is 16.3. The average Bonchev–Trinajstić information content (AvgIpc) is 3.68. The molecule has 0 saturated heterocycles. The maximum absolute atomic E-state index is 7.03. The zero-order chi connectivity index (χ0) is 42.1. The molecule has 4 nitrogen and oxygen atoms in total. The Bertz CT molecular complexity index is 3170. The van der Waals surface area contributed by atoms with Gasteiger partial charge < -0.3 is 4.42 Å². The highest BCUT2D eigenvalue weighted by molar-refractivity contribution is 6.71. The second-order valence-corrected chi connectivity index (χ2v) is 14.4. The molecule has 0 aliphatic heterocycles. The SMILES string of the molecule is [B]c1c([B])c([B])c(-c2c([B])c([B])c(-c3nc(-c4ccccc4)nc(-c4ccc(-c5ccc(-c6ccccc6)cc5)cc4)n3)c3oc4c([B])c([B])c([B])c([B])c4c23)c([B])c1[B]. The Labute approximate surface area is 362 Å². The van der Waals surface area contributed by atoms with Crippen LogP contribution in [0.5, 0.6) is 0 Å². The molecule has 0 spiro atoms. The first-order valence-corrected chi connectivity index (χ1v) is 18.6. The van der Waals surface area contributed by atoms with E-state index in [9.17, 15) is 0 Å². The van der Waals surface area contributed by atoms with Gasteiger partial charge in [0.2, 0.25) is 0 Å². The molecule has 9 rings (SSSR count). The number of hydrogen-bond donors (Lipinski definition) is 0. The second kappa shape index (κ2) is 15.3. The normalized spacial score (nSPS) is 11.4. The summed E-state index contributed by atoms with van der Waals surface area (Å²) < 4.78 is 6.59. The van der Waals surface area contributed by atoms with Gasteiger partial charge in [-0.2, -0.15) is 0 Å². The van der Waals surface area contributed by atoms with E-state index in [2.05, 4.69) is 36.4 Å². The zero-order valence-electron chi connectivity index (χ0n) is 32.0. The van der Waals surface area contributed by atoms with Gasteiger partial charge in [0.1, 0.15) is 97.5 Å². The molecule has 0 fully saturated rings. The summed E-state index contributed by atoms with van der Waals surface area (Å²) in [5.41, 5.74) is 6.57. The van der Waals surface area contributed by atoms with Crippen LogP contribution in [-0.2, 0) is 0 Å². The van der Waals surface area contributed by atoms with E-state index < -0.39 is 0 Å². The Morgan fingerprint density at radius 1 is 0.267 bits per heavy atom. The zero-order valence-corrected chi connectivity index (χ0v) is 32.0. The van der Waals surface area contributed by atoms with E-state index in [0.717, 1.165) is 22.3 Å². The molecule has 9 aromatic rings. The summed E-state index contributed by atoms with van der Waals surface area (Å²) in [6.45, 7) is 0. The van der Waals surface area contributed by atoms with Crippen molar-refractivity contribution in [2.24, 2.45) is 0 Å². The number of fused-ring (bicyclic) bond motifs is 3. The molecule has 60 heavy (non-hydrogen) atoms. The summed E-state index contributed by atoms with van der Waals surface area (Å²) in [7, 11) is 72.2. The summed E-state index contributed by atoms with van der Waals surface area (Å²) >= 11 is 0. The van der Waals surface area contributed by atoms with E-state index in [1.54, 1.807) is 0 Å². The monoisotopic (exact) mass is 737 g/mol. The molecule has 7 aromatic carbocycles. The third-order valence-corrected chi connectivity index (χ3v) is 10.9. The first kappa shape index (κ1) is 39.5. The van der Waals surface area contributed by atoms with Crippen molar-refractivity contribution >= 4 is 168 Å². The summed E-state index contributed by atoms with van der Waals surface area (Å²) in [6.07, 6.45) is 0. The van der Waals surface area contributed by atoms with Crippen LogP contribution in [0.25, 0.3) is 89.5 Å². The molecule has 0 amide bonds. The van der Waals surface area contributed by atoms with Crippen LogP contribution in [0.1, 0.15) is 0 Å². The van der Waals surface area contributed by atoms with Crippen LogP contribution >= 0.6 is 0 Å². The quantitative estimate of drug-likeness (QED) is 0.196. The third-order valence-electron chi connectivity index (χ3n) is 10.9. The summed E-state index contributed by atoms with van der Waals surface area (Å²) in [5, 5.41) is 0.533. The minimum absolute atomic E-state index is 0.00129. The maximum atomic E-state index is 7.03. The number of benzene rings is 7. The first-order chi connectivity index (χ1) is 28.8. The third kappa shape index (κ3) is 6.36. The first-order valence-electron chi connectivity index (χ1n) is 18.6. The Kier molecular flexibility index (Phi) is 10.1. The minimum Gasteiger partial charge on any atom is -0.456 e. The van der Waals surface area contributed by atoms with Crippen LogP contribution < -0.4 is 60.1 Å². The molecule has 0 atom stereocenters. The van der Waals surface area contributed by atoms with Crippen molar-refractivity contribution in [2.45, 2.75) is 0 Å². The molecular formula is C45H18B11N3O. The molecule has 0 saturated carbocycles. The van der Waals surface area contributed by atoms with E-state index in [4.69, 9.17) is 106 Å². The van der Waals surface area contributed by atoms with E-state index >= 15 is 0 Å². The lowest BCUT2D eigenvalue weighted by Gasteiger charge is -2.25. The van der Waals surface area contributed by atoms with Crippen LogP contribution in [0, 0.1) is 0 Å². The highest BCUT2D eigenvalue weighted by Crippen LogP contribution is 2.38. The predicted octanol–water partition coefficient (Wildman–Crippen LogP) is -1.50. The average molecular weight is 736 g/mol. The molecular weight excluding hydrogens is 717 g/mol. The molecule has 22 radical (unpaired) electrons. The molecule has 2 heterocycles. The Hall–Kier alpha value is -5.94. The van der Waals surface area contributed by atoms with Crippen LogP contribution in [0.4, 0.5) is 0 Å². The number of nitrogens with zero attached hydrogens (tertiary/aromatic N) is 3. The van der Waals surface area contributed by atoms with Crippen LogP contribution in [0.15, 0.2) is 114 Å². The lowest BCUT2D eigenvalue weighted by atomic mass is 9.58. The van der Waals surface area contributed by atoms with Gasteiger partial charge in [0.25, 0.3) is 0 Å². The minimum atomic E-state index is -0.0132. The topological polar surface area (TPSA) is 51.8 Å². The van der Waals surface area contributed by atoms with E-state index in [-0.39, 0.29) is 105 Å². The number of aromatic nitrogens is 3. The Morgan fingerprint density at radius 3 is 1.13 bits per heavy atom. The van der Waals surface area contributed by atoms with Crippen molar-refractivity contribution in [3.8, 4) is 67.5 Å². The van der Waals surface area contributed by atoms with Gasteiger partial charge in [-0.25, -0.2) is 15.0 Å². The second-order valence-electron chi connectivity index (χ2n) is 14.4. The molecule has 0 N–H and O–H groups in total. The molecule has 2 aromatic heterocycles. The standard InChI is InChI=1S/C45H18B11N3O/c46-30-25(27-31(47)35(51)38(54)36(52)32(27)48)26-28-33(49)37(53)39(55)40(56)42(28)60-41(26)29(34(30)50)45-58-43(23-9-5-2-6-10-23)57-44(59-45)24-17-15-22(16-18-24)21-13-11-20(12-14-21)19-7-3-1-4-8-19/h1-18H. The van der Waals surface area contributed by atoms with Gasteiger partial charge in [-0.1, -0.05) is 142 Å².